The first-order valence-electron chi connectivity index (χ1n) is 23.8. The average molecular weight is 816 g/mol. The van der Waals surface area contributed by atoms with Crippen molar-refractivity contribution >= 4 is 17.8 Å². The minimum atomic E-state index is -1.03. The van der Waals surface area contributed by atoms with E-state index in [1.165, 1.54) is 12.8 Å². The van der Waals surface area contributed by atoms with Gasteiger partial charge in [0.15, 0.2) is 0 Å². The summed E-state index contributed by atoms with van der Waals surface area (Å²) in [6.07, 6.45) is 47.9. The number of carboxylic acids is 1. The van der Waals surface area contributed by atoms with Crippen LogP contribution in [0, 0.1) is 46.3 Å². The Morgan fingerprint density at radius 1 is 0.729 bits per heavy atom. The number of amides is 1. The number of unbranched alkanes of at least 4 members (excludes halogenated alkanes) is 4. The van der Waals surface area contributed by atoms with E-state index in [0.717, 1.165) is 109 Å². The minimum absolute atomic E-state index is 0.0217. The van der Waals surface area contributed by atoms with E-state index in [0.29, 0.717) is 48.9 Å². The lowest BCUT2D eigenvalue weighted by atomic mass is 9.43. The van der Waals surface area contributed by atoms with Crippen molar-refractivity contribution < 1.29 is 29.3 Å². The van der Waals surface area contributed by atoms with E-state index in [-0.39, 0.29) is 47.4 Å². The number of esters is 1. The molecule has 10 unspecified atom stereocenters. The number of rotatable bonds is 25. The first-order valence-corrected chi connectivity index (χ1v) is 23.8. The van der Waals surface area contributed by atoms with E-state index in [4.69, 9.17) is 9.84 Å². The summed E-state index contributed by atoms with van der Waals surface area (Å²) in [5, 5.41) is 23.3. The molecule has 0 saturated heterocycles. The number of carboxylic acid groups (broad SMARTS) is 1. The number of nitrogens with one attached hydrogen (secondary N) is 1. The number of fused-ring (bicyclic) bond motifs is 5. The maximum Gasteiger partial charge on any atom is 0.322 e. The fraction of sp³-hybridized carbons (Fsp3) is 0.712. The molecule has 4 aliphatic rings. The zero-order chi connectivity index (χ0) is 42.5. The fourth-order valence-electron chi connectivity index (χ4n) is 11.8. The summed E-state index contributed by atoms with van der Waals surface area (Å²) >= 11 is 0. The minimum Gasteiger partial charge on any atom is -0.480 e. The molecule has 1 amide bonds. The Bertz CT molecular complexity index is 1470. The van der Waals surface area contributed by atoms with E-state index >= 15 is 0 Å². The van der Waals surface area contributed by atoms with Crippen molar-refractivity contribution in [3.05, 3.63) is 72.9 Å². The van der Waals surface area contributed by atoms with E-state index in [1.807, 2.05) is 0 Å². The Labute approximate surface area is 358 Å². The molecule has 10 atom stereocenters. The van der Waals surface area contributed by atoms with E-state index in [2.05, 4.69) is 106 Å². The maximum atomic E-state index is 12.9. The lowest BCUT2D eigenvalue weighted by Gasteiger charge is -2.62. The number of allylic oxidation sites excluding steroid dienone is 12. The molecule has 330 valence electrons. The number of carbonyl (C=O) groups is 3. The van der Waals surface area contributed by atoms with E-state index in [1.54, 1.807) is 0 Å². The highest BCUT2D eigenvalue weighted by Gasteiger charge is 2.63. The molecule has 0 aromatic heterocycles. The molecular formula is C52H81NO6. The van der Waals surface area contributed by atoms with Crippen molar-refractivity contribution in [1.29, 1.82) is 0 Å². The van der Waals surface area contributed by atoms with Crippen molar-refractivity contribution in [1.82, 2.24) is 5.32 Å². The van der Waals surface area contributed by atoms with Crippen LogP contribution in [0.4, 0.5) is 0 Å². The number of carbonyl (C=O) groups excluding carboxylic acids is 2. The van der Waals surface area contributed by atoms with Crippen LogP contribution in [0.5, 0.6) is 0 Å². The third-order valence-electron chi connectivity index (χ3n) is 15.1. The fourth-order valence-corrected chi connectivity index (χ4v) is 11.8. The summed E-state index contributed by atoms with van der Waals surface area (Å²) in [5.74, 6) is 1.51. The number of hydrogen-bond donors (Lipinski definition) is 3. The van der Waals surface area contributed by atoms with Gasteiger partial charge in [-0.3, -0.25) is 14.4 Å². The van der Waals surface area contributed by atoms with Gasteiger partial charge in [-0.1, -0.05) is 113 Å². The molecule has 0 bridgehead atoms. The Balaban J connectivity index is 1.06. The van der Waals surface area contributed by atoms with Crippen LogP contribution in [0.2, 0.25) is 0 Å². The van der Waals surface area contributed by atoms with Crippen LogP contribution in [-0.4, -0.2) is 46.8 Å². The number of hydrogen-bond acceptors (Lipinski definition) is 5. The third-order valence-corrected chi connectivity index (χ3v) is 15.1. The standard InChI is InChI=1S/C52H81NO6/c1-5-6-7-8-9-10-11-12-13-14-15-16-17-18-19-20-21-22-23-24-25-26-27-28-50(58)59-42-35-36-51(3)41(37-42)30-31-43-45-33-32-44(52(45,4)47(54)38-46(43)51)40(2)29-34-48(55)53-39-49(56)57/h6-7,9-10,12-13,15-16,18-19,21-22,40-47,54H,5,8,11,14,17,20,23-39H2,1-4H3,(H,53,55)(H,56,57)/b7-6-,10-9-,13-12-,16-15-,19-18-,22-21-. The van der Waals surface area contributed by atoms with Crippen LogP contribution in [0.1, 0.15) is 169 Å². The van der Waals surface area contributed by atoms with Crippen LogP contribution in [-0.2, 0) is 19.1 Å². The second kappa shape index (κ2) is 25.6. The molecule has 4 aliphatic carbocycles. The smallest absolute Gasteiger partial charge is 0.322 e. The van der Waals surface area contributed by atoms with Gasteiger partial charge in [0.1, 0.15) is 12.6 Å². The lowest BCUT2D eigenvalue weighted by Crippen LogP contribution is -2.59. The molecule has 4 saturated carbocycles. The van der Waals surface area contributed by atoms with Gasteiger partial charge in [-0.05, 0) is 162 Å². The Morgan fingerprint density at radius 2 is 1.34 bits per heavy atom. The van der Waals surface area contributed by atoms with Crippen molar-refractivity contribution in [3.8, 4) is 0 Å². The number of aliphatic hydroxyl groups is 1. The van der Waals surface area contributed by atoms with Gasteiger partial charge in [0.2, 0.25) is 5.91 Å². The Kier molecular flexibility index (Phi) is 21.0. The predicted molar refractivity (Wildman–Crippen MR) is 241 cm³/mol. The summed E-state index contributed by atoms with van der Waals surface area (Å²) < 4.78 is 6.11. The van der Waals surface area contributed by atoms with Crippen LogP contribution < -0.4 is 5.32 Å². The molecule has 4 fully saturated rings. The molecule has 0 aromatic carbocycles. The summed E-state index contributed by atoms with van der Waals surface area (Å²) in [4.78, 5) is 36.0. The molecule has 59 heavy (non-hydrogen) atoms. The second-order valence-corrected chi connectivity index (χ2v) is 18.9. The van der Waals surface area contributed by atoms with Gasteiger partial charge in [0.05, 0.1) is 6.10 Å². The number of ether oxygens (including phenoxy) is 1. The van der Waals surface area contributed by atoms with Gasteiger partial charge < -0.3 is 20.3 Å². The number of aliphatic carboxylic acids is 1. The first-order chi connectivity index (χ1) is 28.5. The molecule has 0 spiro atoms. The highest BCUT2D eigenvalue weighted by atomic mass is 16.5. The topological polar surface area (TPSA) is 113 Å². The predicted octanol–water partition coefficient (Wildman–Crippen LogP) is 12.2. The van der Waals surface area contributed by atoms with Crippen molar-refractivity contribution in [2.75, 3.05) is 6.54 Å². The molecule has 0 heterocycles. The molecule has 0 radical (unpaired) electrons. The zero-order valence-corrected chi connectivity index (χ0v) is 37.3. The highest BCUT2D eigenvalue weighted by Crippen LogP contribution is 2.68. The normalized spacial score (nSPS) is 31.4. The summed E-state index contributed by atoms with van der Waals surface area (Å²) in [6.45, 7) is 8.85. The van der Waals surface area contributed by atoms with Crippen molar-refractivity contribution in [2.24, 2.45) is 46.3 Å². The number of aliphatic hydroxyl groups excluding tert-OH is 1. The van der Waals surface area contributed by atoms with Crippen LogP contribution >= 0.6 is 0 Å². The summed E-state index contributed by atoms with van der Waals surface area (Å²) in [7, 11) is 0. The Hall–Kier alpha value is -3.19. The maximum absolute atomic E-state index is 12.9. The summed E-state index contributed by atoms with van der Waals surface area (Å²) in [5.41, 5.74) is 0.0193. The molecular weight excluding hydrogens is 735 g/mol. The van der Waals surface area contributed by atoms with E-state index in [9.17, 15) is 19.5 Å². The van der Waals surface area contributed by atoms with Gasteiger partial charge in [0.25, 0.3) is 0 Å². The monoisotopic (exact) mass is 816 g/mol. The SMILES string of the molecule is CC/C=C\C/C=C\C/C=C\C/C=C\C/C=C\C/C=C\CCCCCCC(=O)OC1CCC2(C)C(CCC3C2CC(O)C2(C)C(C(C)CCC(=O)NCC(=O)O)CCC32)C1. The Morgan fingerprint density at radius 3 is 1.97 bits per heavy atom. The second-order valence-electron chi connectivity index (χ2n) is 18.9. The molecule has 4 rings (SSSR count). The zero-order valence-electron chi connectivity index (χ0n) is 37.3. The molecule has 7 nitrogen and oxygen atoms in total. The van der Waals surface area contributed by atoms with Crippen LogP contribution in [0.25, 0.3) is 0 Å². The van der Waals surface area contributed by atoms with Crippen molar-refractivity contribution in [3.63, 3.8) is 0 Å². The van der Waals surface area contributed by atoms with E-state index < -0.39 is 5.97 Å². The van der Waals surface area contributed by atoms with Gasteiger partial charge in [-0.15, -0.1) is 0 Å². The van der Waals surface area contributed by atoms with Gasteiger partial charge in [0, 0.05) is 12.8 Å². The summed E-state index contributed by atoms with van der Waals surface area (Å²) in [6, 6.07) is 0. The molecule has 3 N–H and O–H groups in total. The average Bonchev–Trinajstić information content (AvgIpc) is 3.58. The lowest BCUT2D eigenvalue weighted by molar-refractivity contribution is -0.181. The van der Waals surface area contributed by atoms with Crippen molar-refractivity contribution in [2.45, 2.75) is 181 Å². The van der Waals surface area contributed by atoms with Crippen LogP contribution in [0.3, 0.4) is 0 Å². The third kappa shape index (κ3) is 14.7. The van der Waals surface area contributed by atoms with Gasteiger partial charge >= 0.3 is 11.9 Å². The molecule has 0 aromatic rings. The van der Waals surface area contributed by atoms with Gasteiger partial charge in [-0.2, -0.15) is 0 Å². The quantitative estimate of drug-likeness (QED) is 0.0480. The molecule has 0 aliphatic heterocycles. The largest absolute Gasteiger partial charge is 0.480 e. The first kappa shape index (κ1) is 48.5. The highest BCUT2D eigenvalue weighted by molar-refractivity contribution is 5.81. The molecule has 7 heteroatoms. The van der Waals surface area contributed by atoms with Crippen LogP contribution in [0.15, 0.2) is 72.9 Å². The van der Waals surface area contributed by atoms with Gasteiger partial charge in [-0.25, -0.2) is 0 Å².